The lowest BCUT2D eigenvalue weighted by atomic mass is 9.61. The molecule has 86 heavy (non-hydrogen) atoms. The molecular weight excluding hydrogens is 1040 g/mol. The van der Waals surface area contributed by atoms with Crippen molar-refractivity contribution in [2.45, 2.75) is 153 Å². The zero-order chi connectivity index (χ0) is 58.9. The molecule has 0 N–H and O–H groups in total. The molecule has 426 valence electrons. The molecule has 2 aliphatic carbocycles. The second-order valence-electron chi connectivity index (χ2n) is 29.4. The van der Waals surface area contributed by atoms with Gasteiger partial charge in [-0.2, -0.15) is 0 Å². The molecule has 0 saturated heterocycles. The van der Waals surface area contributed by atoms with Gasteiger partial charge in [0.25, 0.3) is 0 Å². The summed E-state index contributed by atoms with van der Waals surface area (Å²) in [6.07, 6.45) is 9.61. The molecule has 4 aliphatic rings. The monoisotopic (exact) mass is 1120 g/mol. The van der Waals surface area contributed by atoms with E-state index in [9.17, 15) is 0 Å². The van der Waals surface area contributed by atoms with Crippen molar-refractivity contribution in [1.82, 2.24) is 0 Å². The quantitative estimate of drug-likeness (QED) is 0.153. The average molecular weight is 1120 g/mol. The number of hydrogen-bond acceptors (Lipinski definition) is 2. The second-order valence-corrected chi connectivity index (χ2v) is 29.4. The lowest BCUT2D eigenvalue weighted by molar-refractivity contribution is 0.195. The Labute approximate surface area is 509 Å². The number of fused-ring (bicyclic) bond motifs is 8. The van der Waals surface area contributed by atoms with Crippen LogP contribution in [-0.4, -0.2) is 11.1 Å². The van der Waals surface area contributed by atoms with Crippen LogP contribution in [0.5, 0.6) is 0 Å². The summed E-state index contributed by atoms with van der Waals surface area (Å²) in [5.74, 6) is 0. The van der Waals surface area contributed by atoms with Crippen LogP contribution in [-0.2, 0) is 21.7 Å². The molecule has 0 amide bonds. The molecule has 2 nitrogen and oxygen atoms in total. The summed E-state index contributed by atoms with van der Waals surface area (Å²) in [6, 6.07) is 81.3. The summed E-state index contributed by atoms with van der Waals surface area (Å²) in [6.45, 7) is 24.3. The van der Waals surface area contributed by atoms with Crippen LogP contribution in [0.25, 0.3) is 98.4 Å². The van der Waals surface area contributed by atoms with Crippen LogP contribution < -0.4 is 9.80 Å². The van der Waals surface area contributed by atoms with Gasteiger partial charge in [0, 0.05) is 33.6 Å². The van der Waals surface area contributed by atoms with Crippen LogP contribution in [0.1, 0.15) is 143 Å². The Morgan fingerprint density at radius 3 is 1.07 bits per heavy atom. The number of benzene rings is 12. The van der Waals surface area contributed by atoms with Crippen molar-refractivity contribution in [2.24, 2.45) is 0 Å². The summed E-state index contributed by atoms with van der Waals surface area (Å²) >= 11 is 0. The predicted molar refractivity (Wildman–Crippen MR) is 370 cm³/mol. The van der Waals surface area contributed by atoms with Crippen LogP contribution in [0.4, 0.5) is 22.7 Å². The van der Waals surface area contributed by atoms with Gasteiger partial charge in [0.2, 0.25) is 0 Å². The molecular formula is C84H80N2. The Morgan fingerprint density at radius 2 is 0.674 bits per heavy atom. The zero-order valence-corrected chi connectivity index (χ0v) is 52.2. The Balaban J connectivity index is 0.971. The van der Waals surface area contributed by atoms with Crippen molar-refractivity contribution >= 4 is 76.6 Å². The van der Waals surface area contributed by atoms with E-state index in [1.165, 1.54) is 182 Å². The average Bonchev–Trinajstić information content (AvgIpc) is 1.48. The highest BCUT2D eigenvalue weighted by Gasteiger charge is 2.59. The smallest absolute Gasteiger partial charge is 0.0517 e. The molecule has 2 saturated carbocycles. The first-order chi connectivity index (χ1) is 41.4. The highest BCUT2D eigenvalue weighted by Crippen LogP contribution is 2.64. The third-order valence-electron chi connectivity index (χ3n) is 22.9. The Morgan fingerprint density at radius 1 is 0.314 bits per heavy atom. The summed E-state index contributed by atoms with van der Waals surface area (Å²) in [5.41, 5.74) is 21.3. The summed E-state index contributed by atoms with van der Waals surface area (Å²) in [7, 11) is 0. The minimum absolute atomic E-state index is 0.0420. The fraction of sp³-hybridized carbons (Fsp3) is 0.286. The first kappa shape index (κ1) is 53.3. The van der Waals surface area contributed by atoms with Crippen molar-refractivity contribution in [2.75, 3.05) is 9.80 Å². The molecule has 4 unspecified atom stereocenters. The molecule has 2 heteroatoms. The van der Waals surface area contributed by atoms with Crippen molar-refractivity contribution in [3.8, 4) is 44.5 Å². The second kappa shape index (κ2) is 18.7. The largest absolute Gasteiger partial charge is 0.334 e. The molecule has 12 aromatic rings. The van der Waals surface area contributed by atoms with Crippen molar-refractivity contribution in [3.63, 3.8) is 0 Å². The number of nitrogens with zero attached hydrogens (tertiary/aromatic N) is 2. The predicted octanol–water partition coefficient (Wildman–Crippen LogP) is 23.6. The molecule has 16 rings (SSSR count). The van der Waals surface area contributed by atoms with Gasteiger partial charge in [0.15, 0.2) is 0 Å². The van der Waals surface area contributed by atoms with E-state index in [0.717, 1.165) is 12.8 Å². The summed E-state index contributed by atoms with van der Waals surface area (Å²) in [4.78, 5) is 5.49. The SMILES string of the molecule is CC(C)(C)c1ccc(N2c3ccc(-c4cc(-c5cccc6ccccc56)c5ccc6c(-c7ccc8c(c7)C7(C)CCCCC7(C)N8c7ccc(C(C)(C)C)cc7)cc(-c7cccc8ccccc78)c7ccc4c5c67)cc3C3(C)CCCCC23C)cc1. The molecule has 2 aliphatic heterocycles. The van der Waals surface area contributed by atoms with Gasteiger partial charge < -0.3 is 9.80 Å². The summed E-state index contributed by atoms with van der Waals surface area (Å²) in [5, 5.41) is 13.0. The molecule has 2 heterocycles. The van der Waals surface area contributed by atoms with E-state index in [-0.39, 0.29) is 32.7 Å². The minimum atomic E-state index is -0.0682. The maximum Gasteiger partial charge on any atom is 0.0517 e. The van der Waals surface area contributed by atoms with Crippen LogP contribution >= 0.6 is 0 Å². The summed E-state index contributed by atoms with van der Waals surface area (Å²) < 4.78 is 0. The van der Waals surface area contributed by atoms with E-state index in [0.29, 0.717) is 0 Å². The molecule has 12 aromatic carbocycles. The van der Waals surface area contributed by atoms with Gasteiger partial charge in [0.1, 0.15) is 0 Å². The first-order valence-electron chi connectivity index (χ1n) is 32.2. The molecule has 2 fully saturated rings. The van der Waals surface area contributed by atoms with Crippen molar-refractivity contribution in [3.05, 3.63) is 229 Å². The van der Waals surface area contributed by atoms with E-state index >= 15 is 0 Å². The highest BCUT2D eigenvalue weighted by molar-refractivity contribution is 6.33. The van der Waals surface area contributed by atoms with E-state index in [1.54, 1.807) is 0 Å². The minimum Gasteiger partial charge on any atom is -0.334 e. The topological polar surface area (TPSA) is 6.48 Å². The maximum absolute atomic E-state index is 2.75. The number of rotatable bonds is 6. The fourth-order valence-electron chi connectivity index (χ4n) is 17.7. The van der Waals surface area contributed by atoms with Crippen molar-refractivity contribution < 1.29 is 0 Å². The third kappa shape index (κ3) is 7.50. The zero-order valence-electron chi connectivity index (χ0n) is 52.2. The van der Waals surface area contributed by atoms with E-state index in [1.807, 2.05) is 0 Å². The van der Waals surface area contributed by atoms with Crippen LogP contribution in [0.2, 0.25) is 0 Å². The van der Waals surface area contributed by atoms with Gasteiger partial charge in [0.05, 0.1) is 11.1 Å². The van der Waals surface area contributed by atoms with Gasteiger partial charge in [-0.3, -0.25) is 0 Å². The van der Waals surface area contributed by atoms with Gasteiger partial charge >= 0.3 is 0 Å². The Hall–Kier alpha value is -8.20. The van der Waals surface area contributed by atoms with Crippen molar-refractivity contribution in [1.29, 1.82) is 0 Å². The van der Waals surface area contributed by atoms with Crippen LogP contribution in [0.3, 0.4) is 0 Å². The van der Waals surface area contributed by atoms with Crippen LogP contribution in [0, 0.1) is 0 Å². The number of hydrogen-bond donors (Lipinski definition) is 0. The molecule has 4 atom stereocenters. The van der Waals surface area contributed by atoms with E-state index in [2.05, 4.69) is 285 Å². The molecule has 0 spiro atoms. The third-order valence-corrected chi connectivity index (χ3v) is 22.9. The lowest BCUT2D eigenvalue weighted by Gasteiger charge is -2.50. The maximum atomic E-state index is 2.75. The molecule has 0 radical (unpaired) electrons. The van der Waals surface area contributed by atoms with Gasteiger partial charge in [-0.1, -0.05) is 227 Å². The molecule has 0 aromatic heterocycles. The first-order valence-corrected chi connectivity index (χ1v) is 32.2. The van der Waals surface area contributed by atoms with Gasteiger partial charge in [-0.05, 0) is 232 Å². The van der Waals surface area contributed by atoms with Gasteiger partial charge in [-0.15, -0.1) is 0 Å². The fourth-order valence-corrected chi connectivity index (χ4v) is 17.7. The van der Waals surface area contributed by atoms with E-state index in [4.69, 9.17) is 0 Å². The normalized spacial score (nSPS) is 22.1. The molecule has 0 bridgehead atoms. The Kier molecular flexibility index (Phi) is 11.6. The Bertz CT molecular complexity index is 4430. The standard InChI is InChI=1S/C84H80N2/c1-79(2,3)57-31-35-59(36-32-57)85-75-43-29-55(49-73(75)81(7)45-15-17-47-83(81,85)9)69-51-71(63-27-19-23-53-21-11-13-25-61(53)63)67-42-40-66-70(52-72(68-41-39-65(69)77(67)78(66)68)64-28-20-24-54-22-12-14-26-62(54)64)56-30-44-76-74(50-56)82(8)46-16-18-48-84(82,10)86(76)60-37-33-58(34-38-60)80(4,5)6/h11-14,19-44,49-52H,15-18,45-48H2,1-10H3. The van der Waals surface area contributed by atoms with E-state index < -0.39 is 0 Å². The lowest BCUT2D eigenvalue weighted by Crippen LogP contribution is -2.54. The van der Waals surface area contributed by atoms with Gasteiger partial charge in [-0.25, -0.2) is 0 Å². The highest BCUT2D eigenvalue weighted by atomic mass is 15.3. The number of anilines is 4. The van der Waals surface area contributed by atoms with Crippen LogP contribution in [0.15, 0.2) is 206 Å².